The Bertz CT molecular complexity index is 1280. The number of nitrogens with zero attached hydrogens (tertiary/aromatic N) is 6. The molecule has 0 aliphatic carbocycles. The molecule has 0 unspecified atom stereocenters. The van der Waals surface area contributed by atoms with Gasteiger partial charge >= 0.3 is 12.1 Å². The van der Waals surface area contributed by atoms with Crippen LogP contribution in [0, 0.1) is 13.8 Å². The zero-order chi connectivity index (χ0) is 23.6. The number of rotatable bonds is 5. The predicted molar refractivity (Wildman–Crippen MR) is 105 cm³/mol. The molecule has 33 heavy (non-hydrogen) atoms. The van der Waals surface area contributed by atoms with Gasteiger partial charge in [-0.15, -0.1) is 0 Å². The minimum absolute atomic E-state index is 0.0542. The van der Waals surface area contributed by atoms with Crippen molar-refractivity contribution in [3.63, 3.8) is 0 Å². The van der Waals surface area contributed by atoms with Crippen molar-refractivity contribution < 1.29 is 32.0 Å². The van der Waals surface area contributed by atoms with Gasteiger partial charge in [0.15, 0.2) is 5.82 Å². The Morgan fingerprint density at radius 3 is 2.61 bits per heavy atom. The Morgan fingerprint density at radius 2 is 1.94 bits per heavy atom. The fourth-order valence-electron chi connectivity index (χ4n) is 2.97. The lowest BCUT2D eigenvalue weighted by Gasteiger charge is -2.14. The van der Waals surface area contributed by atoms with E-state index in [1.165, 1.54) is 23.0 Å². The van der Waals surface area contributed by atoms with Gasteiger partial charge in [-0.2, -0.15) is 13.2 Å². The maximum absolute atomic E-state index is 12.8. The van der Waals surface area contributed by atoms with E-state index in [2.05, 4.69) is 30.7 Å². The lowest BCUT2D eigenvalue weighted by atomic mass is 10.2. The number of halogens is 3. The fourth-order valence-corrected chi connectivity index (χ4v) is 2.97. The molecular formula is C20H16F3N7O3. The second-order valence-electron chi connectivity index (χ2n) is 6.97. The van der Waals surface area contributed by atoms with E-state index < -0.39 is 17.8 Å². The van der Waals surface area contributed by atoms with Gasteiger partial charge in [0.05, 0.1) is 28.4 Å². The number of aliphatic imine (C=N–C) groups is 1. The number of anilines is 1. The topological polar surface area (TPSA) is 129 Å². The molecule has 0 atom stereocenters. The first-order valence-corrected chi connectivity index (χ1v) is 9.49. The number of amidine groups is 1. The first kappa shape index (κ1) is 21.9. The van der Waals surface area contributed by atoms with Crippen molar-refractivity contribution >= 4 is 17.6 Å². The molecule has 13 heteroatoms. The molecule has 3 aromatic heterocycles. The molecule has 0 saturated carbocycles. The molecule has 1 N–H and O–H groups in total. The third-order valence-electron chi connectivity index (χ3n) is 4.46. The van der Waals surface area contributed by atoms with Gasteiger partial charge in [-0.05, 0) is 36.7 Å². The molecule has 0 fully saturated rings. The van der Waals surface area contributed by atoms with E-state index in [4.69, 9.17) is 9.05 Å². The molecule has 170 valence electrons. The number of aryl methyl sites for hydroxylation is 2. The highest BCUT2D eigenvalue weighted by molar-refractivity contribution is 5.87. The molecule has 0 aliphatic rings. The highest BCUT2D eigenvalue weighted by Crippen LogP contribution is 2.30. The summed E-state index contributed by atoms with van der Waals surface area (Å²) in [5, 5.41) is 21.9. The van der Waals surface area contributed by atoms with Gasteiger partial charge in [0, 0.05) is 18.1 Å². The molecule has 0 saturated heterocycles. The summed E-state index contributed by atoms with van der Waals surface area (Å²) < 4.78 is 49.8. The molecule has 4 aromatic rings. The first-order chi connectivity index (χ1) is 15.7. The maximum Gasteiger partial charge on any atom is 0.416 e. The van der Waals surface area contributed by atoms with Crippen LogP contribution < -0.4 is 15.1 Å². The van der Waals surface area contributed by atoms with E-state index in [1.54, 1.807) is 26.2 Å². The number of hydrogen-bond acceptors (Lipinski definition) is 8. The fraction of sp³-hybridized carbons (Fsp3) is 0.200. The van der Waals surface area contributed by atoms with E-state index in [-0.39, 0.29) is 18.1 Å². The molecule has 4 rings (SSSR count). The van der Waals surface area contributed by atoms with Crippen molar-refractivity contribution in [2.45, 2.75) is 26.6 Å². The second-order valence-corrected chi connectivity index (χ2v) is 6.97. The van der Waals surface area contributed by atoms with Crippen LogP contribution in [0.1, 0.15) is 22.6 Å². The first-order valence-electron chi connectivity index (χ1n) is 9.49. The SMILES string of the molecule is Cc1noc(C)c1-c1ncc(C[n+]2cc(/N=C(\[O-])Nc3cccc(C(F)(F)F)c3)on2)cn1. The number of benzene rings is 1. The third-order valence-corrected chi connectivity index (χ3v) is 4.46. The second kappa shape index (κ2) is 8.68. The zero-order valence-corrected chi connectivity index (χ0v) is 17.3. The van der Waals surface area contributed by atoms with Gasteiger partial charge in [0.2, 0.25) is 11.8 Å². The van der Waals surface area contributed by atoms with E-state index >= 15 is 0 Å². The van der Waals surface area contributed by atoms with Crippen LogP contribution in [0.15, 0.2) is 56.9 Å². The lowest BCUT2D eigenvalue weighted by Crippen LogP contribution is -2.35. The van der Waals surface area contributed by atoms with Gasteiger partial charge in [0.1, 0.15) is 5.76 Å². The van der Waals surface area contributed by atoms with Gasteiger partial charge in [-0.1, -0.05) is 11.2 Å². The van der Waals surface area contributed by atoms with E-state index in [1.807, 2.05) is 0 Å². The monoisotopic (exact) mass is 459 g/mol. The number of nitrogens with one attached hydrogen (secondary N) is 1. The smallest absolute Gasteiger partial charge is 0.416 e. The van der Waals surface area contributed by atoms with Crippen molar-refractivity contribution in [2.24, 2.45) is 4.99 Å². The van der Waals surface area contributed by atoms with Gasteiger partial charge in [0.25, 0.3) is 6.20 Å². The molecule has 10 nitrogen and oxygen atoms in total. The number of aromatic nitrogens is 5. The van der Waals surface area contributed by atoms with Crippen LogP contribution in [-0.2, 0) is 12.7 Å². The Morgan fingerprint density at radius 1 is 1.18 bits per heavy atom. The summed E-state index contributed by atoms with van der Waals surface area (Å²) in [5.41, 5.74) is 1.16. The molecule has 1 aromatic carbocycles. The van der Waals surface area contributed by atoms with Crippen LogP contribution >= 0.6 is 0 Å². The van der Waals surface area contributed by atoms with Crippen molar-refractivity contribution in [3.8, 4) is 11.4 Å². The minimum Gasteiger partial charge on any atom is -0.846 e. The Kier molecular flexibility index (Phi) is 5.77. The van der Waals surface area contributed by atoms with Crippen LogP contribution in [-0.4, -0.2) is 26.4 Å². The van der Waals surface area contributed by atoms with Crippen LogP contribution in [0.2, 0.25) is 0 Å². The maximum atomic E-state index is 12.8. The summed E-state index contributed by atoms with van der Waals surface area (Å²) >= 11 is 0. The summed E-state index contributed by atoms with van der Waals surface area (Å²) in [5.74, 6) is 0.954. The highest BCUT2D eigenvalue weighted by atomic mass is 19.4. The largest absolute Gasteiger partial charge is 0.846 e. The molecule has 0 radical (unpaired) electrons. The third kappa shape index (κ3) is 5.14. The van der Waals surface area contributed by atoms with E-state index in [0.717, 1.165) is 17.7 Å². The summed E-state index contributed by atoms with van der Waals surface area (Å²) in [7, 11) is 0. The molecule has 0 amide bonds. The minimum atomic E-state index is -4.52. The molecule has 0 bridgehead atoms. The number of hydrogen-bond donors (Lipinski definition) is 1. The van der Waals surface area contributed by atoms with Crippen molar-refractivity contribution in [2.75, 3.05) is 5.32 Å². The standard InChI is InChI=1S/C20H16F3N7O3/c1-11-17(12(2)32-28-11)18-24-7-13(8-25-18)9-30-10-16(33-29-30)27-19(31)26-15-5-3-4-14(6-15)20(21,22)23/h3-8,10H,9H2,1-2H3,(H-,26,27,29,31). The lowest BCUT2D eigenvalue weighted by molar-refractivity contribution is -0.754. The van der Waals surface area contributed by atoms with Crippen LogP contribution in [0.4, 0.5) is 24.7 Å². The van der Waals surface area contributed by atoms with Crippen LogP contribution in [0.25, 0.3) is 11.4 Å². The Labute approximate surface area is 184 Å². The average Bonchev–Trinajstić information content (AvgIpc) is 3.33. The van der Waals surface area contributed by atoms with Gasteiger partial charge in [-0.3, -0.25) is 4.52 Å². The number of alkyl halides is 3. The van der Waals surface area contributed by atoms with E-state index in [9.17, 15) is 18.3 Å². The molecular weight excluding hydrogens is 443 g/mol. The summed E-state index contributed by atoms with van der Waals surface area (Å²) in [4.78, 5) is 12.3. The highest BCUT2D eigenvalue weighted by Gasteiger charge is 2.30. The predicted octanol–water partition coefficient (Wildman–Crippen LogP) is 2.55. The molecule has 0 aliphatic heterocycles. The zero-order valence-electron chi connectivity index (χ0n) is 17.3. The van der Waals surface area contributed by atoms with Crippen molar-refractivity contribution in [3.05, 3.63) is 65.4 Å². The molecule has 0 spiro atoms. The molecule has 3 heterocycles. The van der Waals surface area contributed by atoms with E-state index in [0.29, 0.717) is 22.8 Å². The quantitative estimate of drug-likeness (QED) is 0.274. The van der Waals surface area contributed by atoms with Gasteiger partial charge in [-0.25, -0.2) is 15.0 Å². The Hall–Kier alpha value is -4.29. The summed E-state index contributed by atoms with van der Waals surface area (Å²) in [6, 6.07) is 3.29. The summed E-state index contributed by atoms with van der Waals surface area (Å²) in [6.07, 6.45) is 0.0391. The van der Waals surface area contributed by atoms with Crippen molar-refractivity contribution in [1.82, 2.24) is 20.4 Å². The van der Waals surface area contributed by atoms with Crippen molar-refractivity contribution in [1.29, 1.82) is 0 Å². The average molecular weight is 459 g/mol. The summed E-state index contributed by atoms with van der Waals surface area (Å²) in [6.45, 7) is 3.80. The normalized spacial score (nSPS) is 12.2. The van der Waals surface area contributed by atoms with Crippen LogP contribution in [0.5, 0.6) is 0 Å². The Balaban J connectivity index is 1.42. The van der Waals surface area contributed by atoms with Gasteiger partial charge < -0.3 is 14.9 Å². The van der Waals surface area contributed by atoms with Crippen LogP contribution in [0.3, 0.4) is 0 Å².